The average Bonchev–Trinajstić information content (AvgIpc) is 2.06. The molecule has 0 bridgehead atoms. The van der Waals surface area contributed by atoms with Crippen LogP contribution < -0.4 is 5.73 Å². The first-order valence-corrected chi connectivity index (χ1v) is 5.17. The predicted molar refractivity (Wildman–Crippen MR) is 56.5 cm³/mol. The maximum Gasteiger partial charge on any atom is 0.390 e. The van der Waals surface area contributed by atoms with E-state index in [0.717, 1.165) is 10.0 Å². The van der Waals surface area contributed by atoms with Gasteiger partial charge in [-0.1, -0.05) is 22.0 Å². The van der Waals surface area contributed by atoms with Gasteiger partial charge in [0.2, 0.25) is 0 Å². The van der Waals surface area contributed by atoms with Gasteiger partial charge in [-0.15, -0.1) is 0 Å². The molecule has 1 nitrogen and oxygen atoms in total. The molecule has 1 aromatic carbocycles. The molecule has 2 N–H and O–H groups in total. The number of rotatable bonds is 2. The van der Waals surface area contributed by atoms with Crippen molar-refractivity contribution in [3.8, 4) is 0 Å². The maximum atomic E-state index is 12.1. The van der Waals surface area contributed by atoms with Crippen LogP contribution in [0.3, 0.4) is 0 Å². The lowest BCUT2D eigenvalue weighted by Gasteiger charge is -2.16. The molecule has 5 heteroatoms. The van der Waals surface area contributed by atoms with Crippen molar-refractivity contribution >= 4 is 15.9 Å². The summed E-state index contributed by atoms with van der Waals surface area (Å²) in [4.78, 5) is 0. The quantitative estimate of drug-likeness (QED) is 0.879. The molecule has 0 aliphatic heterocycles. The normalized spacial score (nSPS) is 14.0. The van der Waals surface area contributed by atoms with Crippen LogP contribution in [-0.4, -0.2) is 6.18 Å². The van der Waals surface area contributed by atoms with Crippen LogP contribution in [0.15, 0.2) is 22.7 Å². The highest BCUT2D eigenvalue weighted by Crippen LogP contribution is 2.30. The molecule has 0 spiro atoms. The number of hydrogen-bond donors (Lipinski definition) is 1. The Balaban J connectivity index is 2.90. The van der Waals surface area contributed by atoms with Crippen molar-refractivity contribution in [2.24, 2.45) is 5.73 Å². The highest BCUT2D eigenvalue weighted by atomic mass is 79.9. The molecule has 1 atom stereocenters. The standard InChI is InChI=1S/C10H11BrF3N/c1-6-2-3-7(11)4-8(6)9(15)5-10(12,13)14/h2-4,9H,5,15H2,1H3/t9-/m1/s1. The van der Waals surface area contributed by atoms with Crippen LogP contribution in [0.2, 0.25) is 0 Å². The smallest absolute Gasteiger partial charge is 0.324 e. The van der Waals surface area contributed by atoms with Gasteiger partial charge in [0.15, 0.2) is 0 Å². The Labute approximate surface area is 94.6 Å². The third-order valence-corrected chi connectivity index (χ3v) is 2.59. The third kappa shape index (κ3) is 3.83. The number of aryl methyl sites for hydroxylation is 1. The number of halogens is 4. The Morgan fingerprint density at radius 3 is 2.53 bits per heavy atom. The molecule has 84 valence electrons. The summed E-state index contributed by atoms with van der Waals surface area (Å²) in [6.45, 7) is 1.75. The minimum atomic E-state index is -4.23. The summed E-state index contributed by atoms with van der Waals surface area (Å²) in [6, 6.07) is 4.16. The van der Waals surface area contributed by atoms with Gasteiger partial charge in [0.05, 0.1) is 6.42 Å². The van der Waals surface area contributed by atoms with Gasteiger partial charge in [0.25, 0.3) is 0 Å². The Morgan fingerprint density at radius 1 is 1.40 bits per heavy atom. The fourth-order valence-corrected chi connectivity index (χ4v) is 1.75. The fraction of sp³-hybridized carbons (Fsp3) is 0.400. The second-order valence-electron chi connectivity index (χ2n) is 3.43. The van der Waals surface area contributed by atoms with Crippen molar-refractivity contribution in [3.63, 3.8) is 0 Å². The van der Waals surface area contributed by atoms with Gasteiger partial charge in [0.1, 0.15) is 0 Å². The van der Waals surface area contributed by atoms with Crippen LogP contribution >= 0.6 is 15.9 Å². The highest BCUT2D eigenvalue weighted by Gasteiger charge is 2.31. The van der Waals surface area contributed by atoms with Crippen LogP contribution in [0, 0.1) is 6.92 Å². The van der Waals surface area contributed by atoms with Crippen molar-refractivity contribution < 1.29 is 13.2 Å². The van der Waals surface area contributed by atoms with E-state index in [9.17, 15) is 13.2 Å². The largest absolute Gasteiger partial charge is 0.390 e. The zero-order chi connectivity index (χ0) is 11.6. The first-order chi connectivity index (χ1) is 6.79. The van der Waals surface area contributed by atoms with E-state index >= 15 is 0 Å². The lowest BCUT2D eigenvalue weighted by Crippen LogP contribution is -2.20. The van der Waals surface area contributed by atoms with Crippen molar-refractivity contribution in [3.05, 3.63) is 33.8 Å². The van der Waals surface area contributed by atoms with Gasteiger partial charge in [0, 0.05) is 10.5 Å². The maximum absolute atomic E-state index is 12.1. The van der Waals surface area contributed by atoms with Crippen LogP contribution in [0.1, 0.15) is 23.6 Å². The molecular formula is C10H11BrF3N. The molecule has 0 radical (unpaired) electrons. The lowest BCUT2D eigenvalue weighted by atomic mass is 9.99. The van der Waals surface area contributed by atoms with E-state index in [1.165, 1.54) is 0 Å². The number of alkyl halides is 3. The van der Waals surface area contributed by atoms with Crippen molar-refractivity contribution in [2.75, 3.05) is 0 Å². The predicted octanol–water partition coefficient (Wildman–Crippen LogP) is 3.71. The summed E-state index contributed by atoms with van der Waals surface area (Å²) in [6.07, 6.45) is -5.22. The minimum Gasteiger partial charge on any atom is -0.324 e. The van der Waals surface area contributed by atoms with Crippen molar-refractivity contribution in [1.29, 1.82) is 0 Å². The SMILES string of the molecule is Cc1ccc(Br)cc1[C@H](N)CC(F)(F)F. The van der Waals surface area contributed by atoms with E-state index in [4.69, 9.17) is 5.73 Å². The van der Waals surface area contributed by atoms with E-state index in [1.54, 1.807) is 25.1 Å². The molecule has 0 saturated heterocycles. The summed E-state index contributed by atoms with van der Waals surface area (Å²) in [5, 5.41) is 0. The summed E-state index contributed by atoms with van der Waals surface area (Å²) in [7, 11) is 0. The van der Waals surface area contributed by atoms with E-state index in [0.29, 0.717) is 5.56 Å². The molecule has 0 amide bonds. The second kappa shape index (κ2) is 4.53. The first kappa shape index (κ1) is 12.5. The molecule has 1 aromatic rings. The van der Waals surface area contributed by atoms with Crippen LogP contribution in [-0.2, 0) is 0 Å². The molecule has 0 aliphatic carbocycles. The minimum absolute atomic E-state index is 0.529. The van der Waals surface area contributed by atoms with Crippen LogP contribution in [0.4, 0.5) is 13.2 Å². The summed E-state index contributed by atoms with van der Waals surface area (Å²) >= 11 is 3.21. The molecule has 1 rings (SSSR count). The Bertz CT molecular complexity index is 349. The van der Waals surface area contributed by atoms with Gasteiger partial charge >= 0.3 is 6.18 Å². The van der Waals surface area contributed by atoms with Crippen molar-refractivity contribution in [2.45, 2.75) is 25.6 Å². The molecule has 0 aromatic heterocycles. The topological polar surface area (TPSA) is 26.0 Å². The van der Waals surface area contributed by atoms with E-state index in [2.05, 4.69) is 15.9 Å². The fourth-order valence-electron chi connectivity index (χ4n) is 1.37. The zero-order valence-corrected chi connectivity index (χ0v) is 9.69. The zero-order valence-electron chi connectivity index (χ0n) is 8.11. The summed E-state index contributed by atoms with van der Waals surface area (Å²) in [5.41, 5.74) is 6.81. The van der Waals surface area contributed by atoms with Gasteiger partial charge in [-0.3, -0.25) is 0 Å². The van der Waals surface area contributed by atoms with E-state index < -0.39 is 18.6 Å². The first-order valence-electron chi connectivity index (χ1n) is 4.38. The van der Waals surface area contributed by atoms with Crippen LogP contribution in [0.25, 0.3) is 0 Å². The molecule has 0 unspecified atom stereocenters. The molecule has 0 heterocycles. The number of benzene rings is 1. The Morgan fingerprint density at radius 2 is 2.00 bits per heavy atom. The summed E-state index contributed by atoms with van der Waals surface area (Å²) < 4.78 is 37.1. The number of hydrogen-bond acceptors (Lipinski definition) is 1. The second-order valence-corrected chi connectivity index (χ2v) is 4.34. The van der Waals surface area contributed by atoms with Gasteiger partial charge < -0.3 is 5.73 Å². The third-order valence-electron chi connectivity index (χ3n) is 2.09. The highest BCUT2D eigenvalue weighted by molar-refractivity contribution is 9.10. The molecule has 0 fully saturated rings. The summed E-state index contributed by atoms with van der Waals surface area (Å²) in [5.74, 6) is 0. The molecule has 0 saturated carbocycles. The molecule has 15 heavy (non-hydrogen) atoms. The van der Waals surface area contributed by atoms with Gasteiger partial charge in [-0.2, -0.15) is 13.2 Å². The van der Waals surface area contributed by atoms with E-state index in [-0.39, 0.29) is 0 Å². The van der Waals surface area contributed by atoms with Gasteiger partial charge in [-0.05, 0) is 30.2 Å². The van der Waals surface area contributed by atoms with Gasteiger partial charge in [-0.25, -0.2) is 0 Å². The van der Waals surface area contributed by atoms with Crippen molar-refractivity contribution in [1.82, 2.24) is 0 Å². The lowest BCUT2D eigenvalue weighted by molar-refractivity contribution is -0.138. The average molecular weight is 282 g/mol. The Kier molecular flexibility index (Phi) is 3.78. The molecule has 0 aliphatic rings. The monoisotopic (exact) mass is 281 g/mol. The van der Waals surface area contributed by atoms with E-state index in [1.807, 2.05) is 0 Å². The Hall–Kier alpha value is -0.550. The number of nitrogens with two attached hydrogens (primary N) is 1. The molecular weight excluding hydrogens is 271 g/mol. The van der Waals surface area contributed by atoms with Crippen LogP contribution in [0.5, 0.6) is 0 Å².